The molecule has 1 aromatic carbocycles. The van der Waals surface area contributed by atoms with Crippen molar-refractivity contribution in [2.75, 3.05) is 44.4 Å². The van der Waals surface area contributed by atoms with Crippen molar-refractivity contribution < 1.29 is 14.3 Å². The van der Waals surface area contributed by atoms with Gasteiger partial charge in [-0.15, -0.1) is 11.3 Å². The highest BCUT2D eigenvalue weighted by Crippen LogP contribution is 2.43. The maximum Gasteiger partial charge on any atom is 0.292 e. The molecule has 0 spiro atoms. The summed E-state index contributed by atoms with van der Waals surface area (Å²) in [5.74, 6) is 0.217. The van der Waals surface area contributed by atoms with E-state index in [0.717, 1.165) is 61.8 Å². The number of pyridine rings is 1. The lowest BCUT2D eigenvalue weighted by Crippen LogP contribution is -2.36. The number of fused-ring (bicyclic) bond motifs is 1. The summed E-state index contributed by atoms with van der Waals surface area (Å²) in [6, 6.07) is 8.32. The van der Waals surface area contributed by atoms with E-state index in [1.54, 1.807) is 11.3 Å². The van der Waals surface area contributed by atoms with Gasteiger partial charge in [0.1, 0.15) is 5.82 Å². The Bertz CT molecular complexity index is 1390. The number of carbonyl (C=O) groups excluding carboxylic acids is 2. The van der Waals surface area contributed by atoms with E-state index >= 15 is 0 Å². The predicted molar refractivity (Wildman–Crippen MR) is 159 cm³/mol. The molecular formula is C31H39N5O3S. The molecule has 9 heteroatoms. The van der Waals surface area contributed by atoms with Crippen molar-refractivity contribution in [1.82, 2.24) is 14.9 Å². The van der Waals surface area contributed by atoms with E-state index in [9.17, 15) is 9.59 Å². The molecular weight excluding hydrogens is 522 g/mol. The van der Waals surface area contributed by atoms with E-state index in [-0.39, 0.29) is 23.5 Å². The maximum absolute atomic E-state index is 13.6. The van der Waals surface area contributed by atoms with Gasteiger partial charge in [-0.05, 0) is 87.8 Å². The van der Waals surface area contributed by atoms with Gasteiger partial charge in [-0.2, -0.15) is 0 Å². The number of anilines is 2. The highest BCUT2D eigenvalue weighted by atomic mass is 32.1. The average Bonchev–Trinajstić information content (AvgIpc) is 3.64. The number of rotatable bonds is 6. The number of nitrogens with one attached hydrogen (secondary N) is 1. The quantitative estimate of drug-likeness (QED) is 0.392. The van der Waals surface area contributed by atoms with Crippen LogP contribution in [-0.4, -0.2) is 59.9 Å². The zero-order valence-electron chi connectivity index (χ0n) is 23.4. The maximum atomic E-state index is 13.6. The second-order valence-electron chi connectivity index (χ2n) is 12.1. The van der Waals surface area contributed by atoms with E-state index in [0.29, 0.717) is 43.0 Å². The molecule has 3 aromatic rings. The number of likely N-dealkylation sites (tertiary alicyclic amines) is 1. The van der Waals surface area contributed by atoms with E-state index in [2.05, 4.69) is 47.4 Å². The molecule has 0 radical (unpaired) electrons. The van der Waals surface area contributed by atoms with Crippen molar-refractivity contribution in [3.63, 3.8) is 0 Å². The number of hydrogen-bond donors (Lipinski definition) is 2. The Hall–Kier alpha value is -2.88. The standard InChI is InChI=1S/C31H39N5O3S/c1-18-3-5-23(20-4-6-27-26(14-20)35-31(40-27)19-7-10-36(2)11-8-19)25(13-18)28(37)30(38)34-22-15-24(29(32)33-16-22)21-9-12-39-17-21/h4,6,14-16,18-19,21,23,25H,3,5,7-13,17H2,1-2H3,(H2,32,33)(H,34,38)/t18-,21-,23+,25?/m0/s1. The monoisotopic (exact) mass is 561 g/mol. The number of thiazole rings is 1. The molecule has 1 aliphatic carbocycles. The molecule has 4 heterocycles. The van der Waals surface area contributed by atoms with Crippen molar-refractivity contribution in [3.05, 3.63) is 46.6 Å². The highest BCUT2D eigenvalue weighted by Gasteiger charge is 2.38. The summed E-state index contributed by atoms with van der Waals surface area (Å²) >= 11 is 1.80. The SMILES string of the molecule is C[C@H]1CC[C@H](c2ccc3sc(C4CCN(C)CC4)nc3c2)C(C(=O)C(=O)Nc2cnc(N)c([C@H]3CCOC3)c2)C1. The van der Waals surface area contributed by atoms with Crippen LogP contribution < -0.4 is 11.1 Å². The van der Waals surface area contributed by atoms with Gasteiger partial charge in [0.25, 0.3) is 5.91 Å². The van der Waals surface area contributed by atoms with Crippen molar-refractivity contribution in [2.45, 2.75) is 63.2 Å². The summed E-state index contributed by atoms with van der Waals surface area (Å²) in [4.78, 5) is 38.6. The number of nitrogens with zero attached hydrogens (tertiary/aromatic N) is 3. The van der Waals surface area contributed by atoms with Gasteiger partial charge in [0, 0.05) is 29.9 Å². The number of nitrogens with two attached hydrogens (primary N) is 1. The lowest BCUT2D eigenvalue weighted by molar-refractivity contribution is -0.138. The number of ether oxygens (including phenoxy) is 1. The van der Waals surface area contributed by atoms with Crippen LogP contribution in [0.1, 0.15) is 79.3 Å². The zero-order chi connectivity index (χ0) is 27.8. The largest absolute Gasteiger partial charge is 0.383 e. The van der Waals surface area contributed by atoms with Crippen LogP contribution in [0.5, 0.6) is 0 Å². The van der Waals surface area contributed by atoms with Crippen LogP contribution in [-0.2, 0) is 14.3 Å². The molecule has 3 fully saturated rings. The molecule has 2 aliphatic heterocycles. The molecule has 212 valence electrons. The lowest BCUT2D eigenvalue weighted by Gasteiger charge is -2.34. The van der Waals surface area contributed by atoms with Crippen molar-refractivity contribution >= 4 is 44.7 Å². The molecule has 2 saturated heterocycles. The van der Waals surface area contributed by atoms with Gasteiger partial charge in [0.15, 0.2) is 0 Å². The Morgan fingerprint density at radius 2 is 1.93 bits per heavy atom. The van der Waals surface area contributed by atoms with Crippen LogP contribution in [0.25, 0.3) is 10.2 Å². The van der Waals surface area contributed by atoms with Gasteiger partial charge in [-0.3, -0.25) is 9.59 Å². The minimum absolute atomic E-state index is 0.00284. The fourth-order valence-electron chi connectivity index (χ4n) is 6.72. The molecule has 3 N–H and O–H groups in total. The van der Waals surface area contributed by atoms with Crippen LogP contribution in [0.3, 0.4) is 0 Å². The van der Waals surface area contributed by atoms with Gasteiger partial charge in [0.2, 0.25) is 5.78 Å². The normalized spacial score (nSPS) is 26.2. The van der Waals surface area contributed by atoms with Crippen LogP contribution in [0.4, 0.5) is 11.5 Å². The van der Waals surface area contributed by atoms with Gasteiger partial charge < -0.3 is 20.7 Å². The van der Waals surface area contributed by atoms with E-state index < -0.39 is 5.91 Å². The molecule has 4 atom stereocenters. The Morgan fingerprint density at radius 1 is 1.10 bits per heavy atom. The van der Waals surface area contributed by atoms with Crippen LogP contribution in [0.2, 0.25) is 0 Å². The summed E-state index contributed by atoms with van der Waals surface area (Å²) in [7, 11) is 2.18. The number of nitrogen functional groups attached to an aromatic ring is 1. The summed E-state index contributed by atoms with van der Waals surface area (Å²) in [6.45, 7) is 5.67. The van der Waals surface area contributed by atoms with Gasteiger partial charge in [-0.1, -0.05) is 19.4 Å². The average molecular weight is 562 g/mol. The van der Waals surface area contributed by atoms with Gasteiger partial charge in [0.05, 0.1) is 33.7 Å². The second kappa shape index (κ2) is 11.5. The summed E-state index contributed by atoms with van der Waals surface area (Å²) in [5, 5.41) is 4.05. The number of benzene rings is 1. The summed E-state index contributed by atoms with van der Waals surface area (Å²) in [5.41, 5.74) is 9.61. The fourth-order valence-corrected chi connectivity index (χ4v) is 7.84. The first kappa shape index (κ1) is 27.3. The highest BCUT2D eigenvalue weighted by molar-refractivity contribution is 7.18. The molecule has 1 amide bonds. The molecule has 3 aliphatic rings. The Balaban J connectivity index is 1.20. The van der Waals surface area contributed by atoms with Crippen molar-refractivity contribution in [2.24, 2.45) is 11.8 Å². The van der Waals surface area contributed by atoms with Crippen LogP contribution in [0.15, 0.2) is 30.5 Å². The third-order valence-corrected chi connectivity index (χ3v) is 10.4. The van der Waals surface area contributed by atoms with E-state index in [4.69, 9.17) is 15.5 Å². The third-order valence-electron chi connectivity index (χ3n) is 9.17. The molecule has 8 nitrogen and oxygen atoms in total. The minimum atomic E-state index is -0.580. The van der Waals surface area contributed by atoms with Gasteiger partial charge in [-0.25, -0.2) is 9.97 Å². The first-order chi connectivity index (χ1) is 19.4. The number of carbonyl (C=O) groups is 2. The molecule has 40 heavy (non-hydrogen) atoms. The Kier molecular flexibility index (Phi) is 7.88. The molecule has 1 saturated carbocycles. The van der Waals surface area contributed by atoms with Crippen molar-refractivity contribution in [3.8, 4) is 0 Å². The Morgan fingerprint density at radius 3 is 2.70 bits per heavy atom. The molecule has 0 bridgehead atoms. The van der Waals surface area contributed by atoms with Gasteiger partial charge >= 0.3 is 0 Å². The molecule has 1 unspecified atom stereocenters. The van der Waals surface area contributed by atoms with E-state index in [1.807, 2.05) is 6.07 Å². The number of ketones is 1. The number of Topliss-reactive ketones (excluding diaryl/α,β-unsaturated/α-hetero) is 1. The minimum Gasteiger partial charge on any atom is -0.383 e. The number of amides is 1. The summed E-state index contributed by atoms with van der Waals surface area (Å²) < 4.78 is 6.70. The van der Waals surface area contributed by atoms with E-state index in [1.165, 1.54) is 15.9 Å². The number of piperidine rings is 1. The second-order valence-corrected chi connectivity index (χ2v) is 13.1. The predicted octanol–water partition coefficient (Wildman–Crippen LogP) is 5.31. The first-order valence-electron chi connectivity index (χ1n) is 14.6. The number of hydrogen-bond acceptors (Lipinski definition) is 8. The Labute approximate surface area is 239 Å². The van der Waals surface area contributed by atoms with Crippen LogP contribution >= 0.6 is 11.3 Å². The topological polar surface area (TPSA) is 110 Å². The molecule has 6 rings (SSSR count). The number of aromatic nitrogens is 2. The molecule has 2 aromatic heterocycles. The zero-order valence-corrected chi connectivity index (χ0v) is 24.2. The smallest absolute Gasteiger partial charge is 0.292 e. The van der Waals surface area contributed by atoms with Crippen molar-refractivity contribution in [1.29, 1.82) is 0 Å². The first-order valence-corrected chi connectivity index (χ1v) is 15.4. The van der Waals surface area contributed by atoms with Crippen LogP contribution in [0, 0.1) is 11.8 Å². The third kappa shape index (κ3) is 5.64. The lowest BCUT2D eigenvalue weighted by atomic mass is 9.70. The fraction of sp³-hybridized carbons (Fsp3) is 0.548. The summed E-state index contributed by atoms with van der Waals surface area (Å²) in [6.07, 6.45) is 7.32.